The van der Waals surface area contributed by atoms with Crippen LogP contribution in [0.15, 0.2) is 91.5 Å². The van der Waals surface area contributed by atoms with Gasteiger partial charge in [0.25, 0.3) is 0 Å². The Balaban J connectivity index is 1.37. The van der Waals surface area contributed by atoms with Crippen molar-refractivity contribution in [3.63, 3.8) is 0 Å². The molecule has 0 saturated carbocycles. The van der Waals surface area contributed by atoms with Crippen LogP contribution in [0.3, 0.4) is 0 Å². The largest absolute Gasteiger partial charge is 0.469 e. The molecule has 0 spiro atoms. The van der Waals surface area contributed by atoms with Gasteiger partial charge in [-0.3, -0.25) is 4.52 Å². The van der Waals surface area contributed by atoms with E-state index in [-0.39, 0.29) is 47.3 Å². The first-order valence-electron chi connectivity index (χ1n) is 15.6. The van der Waals surface area contributed by atoms with Crippen LogP contribution in [0.2, 0.25) is 0 Å². The molecular formula is C35H32F3N4O8PS. The third-order valence-corrected chi connectivity index (χ3v) is 9.79. The lowest BCUT2D eigenvalue weighted by atomic mass is 9.89. The molecule has 0 radical (unpaired) electrons. The van der Waals surface area contributed by atoms with Crippen molar-refractivity contribution in [2.24, 2.45) is 0 Å². The van der Waals surface area contributed by atoms with Crippen molar-refractivity contribution in [1.82, 2.24) is 14.8 Å². The van der Waals surface area contributed by atoms with Gasteiger partial charge < -0.3 is 24.0 Å². The normalized spacial score (nSPS) is 18.2. The molecule has 1 aromatic heterocycles. The van der Waals surface area contributed by atoms with Crippen LogP contribution in [0, 0.1) is 28.8 Å². The topological polar surface area (TPSA) is 166 Å². The summed E-state index contributed by atoms with van der Waals surface area (Å²) in [7, 11) is -4.90. The van der Waals surface area contributed by atoms with E-state index in [2.05, 4.69) is 14.6 Å². The van der Waals surface area contributed by atoms with Gasteiger partial charge in [0.15, 0.2) is 11.9 Å². The summed E-state index contributed by atoms with van der Waals surface area (Å²) in [5.41, 5.74) is -1.53. The number of phosphoric ester groups is 1. The third-order valence-electron chi connectivity index (χ3n) is 7.88. The lowest BCUT2D eigenvalue weighted by Crippen LogP contribution is -2.47. The number of allylic oxidation sites excluding steroid dienone is 2. The molecule has 17 heteroatoms. The minimum absolute atomic E-state index is 0.0930. The second kappa shape index (κ2) is 17.3. The zero-order valence-electron chi connectivity index (χ0n) is 27.4. The van der Waals surface area contributed by atoms with E-state index in [1.54, 1.807) is 25.2 Å². The number of carbonyl (C=O) groups excluding carboxylic acids is 1. The van der Waals surface area contributed by atoms with Gasteiger partial charge in [-0.1, -0.05) is 42.5 Å². The Bertz CT molecular complexity index is 2020. The molecule has 52 heavy (non-hydrogen) atoms. The van der Waals surface area contributed by atoms with Crippen molar-refractivity contribution in [3.05, 3.63) is 137 Å². The van der Waals surface area contributed by atoms with Gasteiger partial charge in [0.1, 0.15) is 30.1 Å². The number of halogens is 3. The highest BCUT2D eigenvalue weighted by molar-refractivity contribution is 8.00. The lowest BCUT2D eigenvalue weighted by molar-refractivity contribution is -0.146. The van der Waals surface area contributed by atoms with Crippen LogP contribution in [-0.4, -0.2) is 60.5 Å². The molecule has 2 N–H and O–H groups in total. The Morgan fingerprint density at radius 3 is 2.58 bits per heavy atom. The molecule has 0 aliphatic carbocycles. The fourth-order valence-corrected chi connectivity index (χ4v) is 7.01. The first-order valence-corrected chi connectivity index (χ1v) is 18.1. The zero-order valence-corrected chi connectivity index (χ0v) is 29.1. The minimum atomic E-state index is -4.90. The molecule has 1 aliphatic rings. The van der Waals surface area contributed by atoms with Crippen LogP contribution in [0.1, 0.15) is 39.5 Å². The fraction of sp³-hybridized carbons (Fsp3) is 0.257. The number of nitriles is 1. The van der Waals surface area contributed by atoms with Gasteiger partial charge in [0.2, 0.25) is 0 Å². The van der Waals surface area contributed by atoms with Gasteiger partial charge in [0, 0.05) is 22.4 Å². The van der Waals surface area contributed by atoms with Crippen molar-refractivity contribution in [2.45, 2.75) is 42.5 Å². The number of esters is 1. The van der Waals surface area contributed by atoms with Gasteiger partial charge in [-0.25, -0.2) is 32.2 Å². The maximum atomic E-state index is 15.8. The number of phosphoric acid groups is 1. The van der Waals surface area contributed by atoms with Crippen LogP contribution in [0.5, 0.6) is 0 Å². The summed E-state index contributed by atoms with van der Waals surface area (Å²) in [5, 5.41) is 11.9. The lowest BCUT2D eigenvalue weighted by Gasteiger charge is -2.40. The minimum Gasteiger partial charge on any atom is -0.447 e. The van der Waals surface area contributed by atoms with Crippen molar-refractivity contribution in [1.29, 1.82) is 5.26 Å². The number of hydrogen-bond donors (Lipinski definition) is 2. The highest BCUT2D eigenvalue weighted by Crippen LogP contribution is 2.43. The van der Waals surface area contributed by atoms with E-state index in [0.29, 0.717) is 11.6 Å². The van der Waals surface area contributed by atoms with Crippen molar-refractivity contribution in [3.8, 4) is 6.07 Å². The van der Waals surface area contributed by atoms with Crippen LogP contribution in [0.25, 0.3) is 6.08 Å². The van der Waals surface area contributed by atoms with E-state index in [9.17, 15) is 27.9 Å². The Morgan fingerprint density at radius 1 is 1.13 bits per heavy atom. The molecule has 272 valence electrons. The summed E-state index contributed by atoms with van der Waals surface area (Å²) < 4.78 is 79.5. The summed E-state index contributed by atoms with van der Waals surface area (Å²) in [5.74, 6) is -3.36. The molecule has 5 rings (SSSR count). The maximum absolute atomic E-state index is 15.8. The predicted octanol–water partition coefficient (Wildman–Crippen LogP) is 6.06. The SMILES string of the molecule is C[C@@H](SC1COC(/C=C/C=C/c2ccc(C#N)cc2F)OC1)[C@@](Cn1cncn1)(OC(=O)c1ccccc1COP(=O)(O)O)c1ccc(F)cc1F. The van der Waals surface area contributed by atoms with Gasteiger partial charge >= 0.3 is 13.8 Å². The van der Waals surface area contributed by atoms with Crippen LogP contribution >= 0.6 is 19.6 Å². The summed E-state index contributed by atoms with van der Waals surface area (Å²) >= 11 is 1.26. The van der Waals surface area contributed by atoms with E-state index >= 15 is 4.39 Å². The van der Waals surface area contributed by atoms with E-state index in [1.165, 1.54) is 77.6 Å². The summed E-state index contributed by atoms with van der Waals surface area (Å²) in [6, 6.07) is 14.7. The highest BCUT2D eigenvalue weighted by atomic mass is 32.2. The van der Waals surface area contributed by atoms with Crippen LogP contribution < -0.4 is 0 Å². The number of thioether (sulfide) groups is 1. The molecule has 1 fully saturated rings. The second-order valence-corrected chi connectivity index (χ2v) is 14.3. The highest BCUT2D eigenvalue weighted by Gasteiger charge is 2.47. The molecule has 4 aromatic rings. The average molecular weight is 757 g/mol. The van der Waals surface area contributed by atoms with Gasteiger partial charge in [-0.15, -0.1) is 11.8 Å². The molecular weight excluding hydrogens is 724 g/mol. The van der Waals surface area contributed by atoms with Gasteiger partial charge in [-0.05, 0) is 48.9 Å². The van der Waals surface area contributed by atoms with Crippen LogP contribution in [-0.2, 0) is 42.1 Å². The first-order chi connectivity index (χ1) is 24.9. The molecule has 2 heterocycles. The molecule has 2 atom stereocenters. The Morgan fingerprint density at radius 2 is 1.90 bits per heavy atom. The molecule has 0 unspecified atom stereocenters. The van der Waals surface area contributed by atoms with E-state index in [1.807, 2.05) is 6.07 Å². The zero-order chi connectivity index (χ0) is 37.3. The number of carbonyl (C=O) groups is 1. The van der Waals surface area contributed by atoms with E-state index in [0.717, 1.165) is 12.1 Å². The molecule has 12 nitrogen and oxygen atoms in total. The van der Waals surface area contributed by atoms with Crippen molar-refractivity contribution >= 4 is 31.6 Å². The molecule has 0 bridgehead atoms. The molecule has 1 saturated heterocycles. The van der Waals surface area contributed by atoms with E-state index < -0.39 is 55.0 Å². The standard InChI is InChI=1S/C35H32F3N4O8PS/c1-23(52-28-18-47-33(48-19-28)9-5-3-6-25-11-10-24(16-39)14-31(25)37)35(20-42-22-40-21-41-42,30-13-12-27(36)15-32(30)38)50-34(43)29-8-4-2-7-26(29)17-49-51(44,45)46/h2-15,21-23,28,33H,17-20H2,1H3,(H2,44,45,46)/b6-3+,9-5+/t23-,28?,33?,35-/m1/s1. The number of ether oxygens (including phenoxy) is 3. The van der Waals surface area contributed by atoms with Gasteiger partial charge in [0.05, 0.1) is 48.8 Å². The number of hydrogen-bond acceptors (Lipinski definition) is 10. The Kier molecular flexibility index (Phi) is 12.8. The molecule has 1 aliphatic heterocycles. The first kappa shape index (κ1) is 38.6. The summed E-state index contributed by atoms with van der Waals surface area (Å²) in [6.07, 6.45) is 8.23. The van der Waals surface area contributed by atoms with Crippen molar-refractivity contribution < 1.29 is 51.1 Å². The quantitative estimate of drug-likeness (QED) is 0.0869. The Hall–Kier alpha value is -4.59. The summed E-state index contributed by atoms with van der Waals surface area (Å²) in [4.78, 5) is 36.4. The van der Waals surface area contributed by atoms with E-state index in [4.69, 9.17) is 19.5 Å². The number of rotatable bonds is 14. The molecule has 0 amide bonds. The summed E-state index contributed by atoms with van der Waals surface area (Å²) in [6.45, 7) is 1.14. The second-order valence-electron chi connectivity index (χ2n) is 11.4. The fourth-order valence-electron chi connectivity index (χ4n) is 5.34. The third kappa shape index (κ3) is 10.0. The molecule has 3 aromatic carbocycles. The van der Waals surface area contributed by atoms with Gasteiger partial charge in [-0.2, -0.15) is 10.4 Å². The van der Waals surface area contributed by atoms with Crippen LogP contribution in [0.4, 0.5) is 13.2 Å². The van der Waals surface area contributed by atoms with Crippen molar-refractivity contribution in [2.75, 3.05) is 13.2 Å². The number of nitrogens with zero attached hydrogens (tertiary/aromatic N) is 4. The predicted molar refractivity (Wildman–Crippen MR) is 183 cm³/mol. The monoisotopic (exact) mass is 756 g/mol. The maximum Gasteiger partial charge on any atom is 0.469 e. The smallest absolute Gasteiger partial charge is 0.447 e. The number of benzene rings is 3. The Labute approximate surface area is 300 Å². The average Bonchev–Trinajstić information content (AvgIpc) is 3.63. The number of aromatic nitrogens is 3.